The van der Waals surface area contributed by atoms with E-state index in [9.17, 15) is 4.79 Å². The predicted molar refractivity (Wildman–Crippen MR) is 101 cm³/mol. The lowest BCUT2D eigenvalue weighted by atomic mass is 10.2. The lowest BCUT2D eigenvalue weighted by Crippen LogP contribution is -2.32. The highest BCUT2D eigenvalue weighted by molar-refractivity contribution is 5.81. The van der Waals surface area contributed by atoms with Gasteiger partial charge in [-0.1, -0.05) is 32.9 Å². The van der Waals surface area contributed by atoms with Crippen LogP contribution < -0.4 is 5.32 Å². The van der Waals surface area contributed by atoms with Crippen molar-refractivity contribution in [3.63, 3.8) is 0 Å². The summed E-state index contributed by atoms with van der Waals surface area (Å²) in [5.74, 6) is 1.87. The molecule has 1 unspecified atom stereocenters. The fourth-order valence-corrected chi connectivity index (χ4v) is 3.19. The summed E-state index contributed by atoms with van der Waals surface area (Å²) in [6, 6.07) is 7.72. The van der Waals surface area contributed by atoms with Crippen molar-refractivity contribution in [1.29, 1.82) is 0 Å². The monoisotopic (exact) mass is 354 g/mol. The van der Waals surface area contributed by atoms with Gasteiger partial charge in [0.25, 0.3) is 0 Å². The molecule has 1 atom stereocenters. The summed E-state index contributed by atoms with van der Waals surface area (Å²) in [4.78, 5) is 21.7. The minimum absolute atomic E-state index is 0.0615. The molecule has 0 fully saturated rings. The third kappa shape index (κ3) is 3.61. The van der Waals surface area contributed by atoms with E-state index in [4.69, 9.17) is 0 Å². The Hall–Kier alpha value is -2.70. The molecule has 1 aromatic carbocycles. The number of imidazole rings is 1. The molecule has 0 saturated heterocycles. The Morgan fingerprint density at radius 2 is 1.96 bits per heavy atom. The molecule has 0 saturated carbocycles. The van der Waals surface area contributed by atoms with Crippen LogP contribution in [0.5, 0.6) is 0 Å². The average Bonchev–Trinajstić information content (AvgIpc) is 3.20. The number of nitrogens with one attached hydrogen (secondary N) is 1. The van der Waals surface area contributed by atoms with E-state index in [1.165, 1.54) is 6.33 Å². The fourth-order valence-electron chi connectivity index (χ4n) is 3.19. The van der Waals surface area contributed by atoms with Gasteiger partial charge in [-0.15, -0.1) is 0 Å². The van der Waals surface area contributed by atoms with Crippen LogP contribution in [0.25, 0.3) is 11.0 Å². The van der Waals surface area contributed by atoms with Crippen LogP contribution in [0, 0.1) is 0 Å². The van der Waals surface area contributed by atoms with Gasteiger partial charge in [0.05, 0.1) is 17.1 Å². The zero-order chi connectivity index (χ0) is 18.7. The first-order chi connectivity index (χ1) is 12.5. The van der Waals surface area contributed by atoms with Gasteiger partial charge in [-0.25, -0.2) is 14.6 Å². The minimum atomic E-state index is -0.200. The van der Waals surface area contributed by atoms with Gasteiger partial charge in [0.2, 0.25) is 5.91 Å². The van der Waals surface area contributed by atoms with E-state index in [1.807, 2.05) is 40.4 Å². The molecule has 2 heterocycles. The molecule has 1 amide bonds. The molecule has 26 heavy (non-hydrogen) atoms. The van der Waals surface area contributed by atoms with Gasteiger partial charge in [0.1, 0.15) is 24.5 Å². The van der Waals surface area contributed by atoms with Crippen LogP contribution in [0.4, 0.5) is 0 Å². The second-order valence-electron chi connectivity index (χ2n) is 6.83. The number of rotatable bonds is 7. The SMILES string of the molecule is CCCn1ncnc1C(C)NC(=O)Cn1c(C(C)C)nc2ccccc21. The molecule has 3 aromatic rings. The van der Waals surface area contributed by atoms with Crippen molar-refractivity contribution in [2.45, 2.75) is 59.2 Å². The van der Waals surface area contributed by atoms with Crippen LogP contribution in [-0.4, -0.2) is 30.2 Å². The van der Waals surface area contributed by atoms with E-state index in [0.717, 1.165) is 35.6 Å². The van der Waals surface area contributed by atoms with Crippen molar-refractivity contribution in [3.8, 4) is 0 Å². The van der Waals surface area contributed by atoms with Crippen molar-refractivity contribution in [1.82, 2.24) is 29.6 Å². The highest BCUT2D eigenvalue weighted by Crippen LogP contribution is 2.21. The van der Waals surface area contributed by atoms with Crippen molar-refractivity contribution >= 4 is 16.9 Å². The number of nitrogens with zero attached hydrogens (tertiary/aromatic N) is 5. The lowest BCUT2D eigenvalue weighted by Gasteiger charge is -2.16. The van der Waals surface area contributed by atoms with Gasteiger partial charge in [0.15, 0.2) is 0 Å². The molecule has 7 nitrogen and oxygen atoms in total. The standard InChI is InChI=1S/C19H26N6O/c1-5-10-25-19(20-12-21-25)14(4)22-17(26)11-24-16-9-7-6-8-15(16)23-18(24)13(2)3/h6-9,12-14H,5,10-11H2,1-4H3,(H,22,26). The summed E-state index contributed by atoms with van der Waals surface area (Å²) in [6.07, 6.45) is 2.50. The maximum atomic E-state index is 12.7. The number of hydrogen-bond acceptors (Lipinski definition) is 4. The number of carbonyl (C=O) groups excluding carboxylic acids is 1. The maximum Gasteiger partial charge on any atom is 0.240 e. The van der Waals surface area contributed by atoms with Crippen molar-refractivity contribution in [2.24, 2.45) is 0 Å². The predicted octanol–water partition coefficient (Wildman–Crippen LogP) is 3.04. The number of para-hydroxylation sites is 2. The Balaban J connectivity index is 1.79. The molecule has 1 N–H and O–H groups in total. The Morgan fingerprint density at radius 3 is 2.69 bits per heavy atom. The second-order valence-corrected chi connectivity index (χ2v) is 6.83. The largest absolute Gasteiger partial charge is 0.345 e. The molecule has 0 aliphatic carbocycles. The van der Waals surface area contributed by atoms with Gasteiger partial charge >= 0.3 is 0 Å². The zero-order valence-electron chi connectivity index (χ0n) is 15.8. The van der Waals surface area contributed by atoms with Crippen molar-refractivity contribution < 1.29 is 4.79 Å². The molecule has 0 spiro atoms. The van der Waals surface area contributed by atoms with Gasteiger partial charge in [-0.3, -0.25) is 4.79 Å². The number of carbonyl (C=O) groups is 1. The van der Waals surface area contributed by atoms with Crippen molar-refractivity contribution in [2.75, 3.05) is 0 Å². The lowest BCUT2D eigenvalue weighted by molar-refractivity contribution is -0.122. The number of fused-ring (bicyclic) bond motifs is 1. The third-order valence-corrected chi connectivity index (χ3v) is 4.35. The van der Waals surface area contributed by atoms with Crippen LogP contribution in [0.1, 0.15) is 57.7 Å². The Bertz CT molecular complexity index is 894. The average molecular weight is 354 g/mol. The molecule has 2 aromatic heterocycles. The quantitative estimate of drug-likeness (QED) is 0.707. The molecule has 7 heteroatoms. The highest BCUT2D eigenvalue weighted by atomic mass is 16.2. The van der Waals surface area contributed by atoms with E-state index in [-0.39, 0.29) is 24.4 Å². The Morgan fingerprint density at radius 1 is 1.19 bits per heavy atom. The highest BCUT2D eigenvalue weighted by Gasteiger charge is 2.19. The van der Waals surface area contributed by atoms with E-state index >= 15 is 0 Å². The summed E-state index contributed by atoms with van der Waals surface area (Å²) in [5.41, 5.74) is 1.90. The van der Waals surface area contributed by atoms with E-state index in [1.54, 1.807) is 0 Å². The first-order valence-electron chi connectivity index (χ1n) is 9.13. The van der Waals surface area contributed by atoms with Gasteiger partial charge < -0.3 is 9.88 Å². The second kappa shape index (κ2) is 7.68. The van der Waals surface area contributed by atoms with Crippen LogP contribution in [0.3, 0.4) is 0 Å². The molecular formula is C19H26N6O. The molecule has 0 radical (unpaired) electrons. The molecule has 3 rings (SSSR count). The first kappa shape index (κ1) is 18.1. The smallest absolute Gasteiger partial charge is 0.240 e. The van der Waals surface area contributed by atoms with E-state index < -0.39 is 0 Å². The molecule has 0 aliphatic rings. The normalized spacial score (nSPS) is 12.7. The summed E-state index contributed by atoms with van der Waals surface area (Å²) in [6.45, 7) is 9.23. The summed E-state index contributed by atoms with van der Waals surface area (Å²) < 4.78 is 3.84. The van der Waals surface area contributed by atoms with Gasteiger partial charge in [-0.05, 0) is 25.5 Å². The minimum Gasteiger partial charge on any atom is -0.345 e. The fraction of sp³-hybridized carbons (Fsp3) is 0.474. The van der Waals surface area contributed by atoms with E-state index in [0.29, 0.717) is 0 Å². The summed E-state index contributed by atoms with van der Waals surface area (Å²) >= 11 is 0. The maximum absolute atomic E-state index is 12.7. The van der Waals surface area contributed by atoms with Crippen LogP contribution in [0.15, 0.2) is 30.6 Å². The number of aryl methyl sites for hydroxylation is 1. The van der Waals surface area contributed by atoms with Crippen LogP contribution in [-0.2, 0) is 17.9 Å². The van der Waals surface area contributed by atoms with Gasteiger partial charge in [-0.2, -0.15) is 5.10 Å². The van der Waals surface area contributed by atoms with Crippen molar-refractivity contribution in [3.05, 3.63) is 42.2 Å². The molecular weight excluding hydrogens is 328 g/mol. The summed E-state index contributed by atoms with van der Waals surface area (Å²) in [5, 5.41) is 7.27. The summed E-state index contributed by atoms with van der Waals surface area (Å²) in [7, 11) is 0. The third-order valence-electron chi connectivity index (χ3n) is 4.35. The topological polar surface area (TPSA) is 77.6 Å². The van der Waals surface area contributed by atoms with E-state index in [2.05, 4.69) is 41.2 Å². The number of amides is 1. The Kier molecular flexibility index (Phi) is 5.35. The van der Waals surface area contributed by atoms with Crippen LogP contribution in [0.2, 0.25) is 0 Å². The van der Waals surface area contributed by atoms with Crippen LogP contribution >= 0.6 is 0 Å². The zero-order valence-corrected chi connectivity index (χ0v) is 15.8. The number of aromatic nitrogens is 5. The van der Waals surface area contributed by atoms with Gasteiger partial charge in [0, 0.05) is 12.5 Å². The Labute approximate surface area is 153 Å². The molecule has 0 bridgehead atoms. The molecule has 0 aliphatic heterocycles. The first-order valence-corrected chi connectivity index (χ1v) is 9.13. The number of hydrogen-bond donors (Lipinski definition) is 1. The number of benzene rings is 1. The molecule has 138 valence electrons.